The molecule has 0 aliphatic carbocycles. The zero-order chi connectivity index (χ0) is 12.6. The van der Waals surface area contributed by atoms with Gasteiger partial charge in [0, 0.05) is 11.8 Å². The van der Waals surface area contributed by atoms with Crippen LogP contribution in [0.15, 0.2) is 24.4 Å². The maximum atomic E-state index is 7.59. The van der Waals surface area contributed by atoms with Crippen LogP contribution in [0.4, 0.5) is 0 Å². The van der Waals surface area contributed by atoms with Crippen LogP contribution in [0, 0.1) is 19.3 Å². The third-order valence-electron chi connectivity index (χ3n) is 2.53. The molecule has 0 radical (unpaired) electrons. The lowest BCUT2D eigenvalue weighted by Crippen LogP contribution is -2.15. The molecule has 2 rings (SSSR count). The highest BCUT2D eigenvalue weighted by atomic mass is 35.5. The van der Waals surface area contributed by atoms with Crippen LogP contribution in [0.5, 0.6) is 0 Å². The molecular formula is C12H13ClN4. The average molecular weight is 249 g/mol. The van der Waals surface area contributed by atoms with E-state index in [0.717, 1.165) is 16.9 Å². The summed E-state index contributed by atoms with van der Waals surface area (Å²) in [6.07, 6.45) is 1.72. The lowest BCUT2D eigenvalue weighted by atomic mass is 10.1. The molecule has 1 aromatic carbocycles. The number of halogens is 1. The molecule has 88 valence electrons. The Kier molecular flexibility index (Phi) is 2.90. The van der Waals surface area contributed by atoms with E-state index in [2.05, 4.69) is 5.10 Å². The molecule has 0 bridgehead atoms. The van der Waals surface area contributed by atoms with E-state index >= 15 is 0 Å². The molecule has 0 fully saturated rings. The van der Waals surface area contributed by atoms with E-state index in [1.165, 1.54) is 0 Å². The van der Waals surface area contributed by atoms with Crippen molar-refractivity contribution in [3.05, 3.63) is 46.2 Å². The number of nitrogens with one attached hydrogen (secondary N) is 1. The number of aromatic nitrogens is 2. The number of nitrogens with two attached hydrogens (primary N) is 1. The Morgan fingerprint density at radius 3 is 2.65 bits per heavy atom. The van der Waals surface area contributed by atoms with Gasteiger partial charge in [0.05, 0.1) is 16.4 Å². The lowest BCUT2D eigenvalue weighted by molar-refractivity contribution is 0.860. The number of hydrogen-bond acceptors (Lipinski definition) is 2. The van der Waals surface area contributed by atoms with Gasteiger partial charge in [-0.25, -0.2) is 4.68 Å². The number of nitrogen functional groups attached to an aromatic ring is 1. The number of nitrogens with zero attached hydrogens (tertiary/aromatic N) is 2. The van der Waals surface area contributed by atoms with Gasteiger partial charge in [-0.2, -0.15) is 5.10 Å². The fraction of sp³-hybridized carbons (Fsp3) is 0.167. The van der Waals surface area contributed by atoms with Crippen molar-refractivity contribution in [1.29, 1.82) is 5.41 Å². The van der Waals surface area contributed by atoms with Crippen LogP contribution in [0.2, 0.25) is 5.02 Å². The highest BCUT2D eigenvalue weighted by molar-refractivity contribution is 6.31. The molecule has 0 aliphatic heterocycles. The van der Waals surface area contributed by atoms with Crippen molar-refractivity contribution < 1.29 is 0 Å². The molecule has 2 aromatic rings. The molecule has 0 amide bonds. The van der Waals surface area contributed by atoms with E-state index in [0.29, 0.717) is 10.6 Å². The first kappa shape index (κ1) is 11.7. The topological polar surface area (TPSA) is 67.7 Å². The standard InChI is InChI=1S/C12H13ClN4/c1-7-3-4-11(9(5-7)12(14)15)17-6-10(13)8(2)16-17/h3-6H,1-2H3,(H3,14,15). The molecule has 0 aliphatic rings. The van der Waals surface area contributed by atoms with Crippen LogP contribution >= 0.6 is 11.6 Å². The quantitative estimate of drug-likeness (QED) is 0.633. The molecule has 1 heterocycles. The van der Waals surface area contributed by atoms with Gasteiger partial charge in [0.1, 0.15) is 5.84 Å². The van der Waals surface area contributed by atoms with Gasteiger partial charge in [-0.1, -0.05) is 23.2 Å². The van der Waals surface area contributed by atoms with E-state index in [4.69, 9.17) is 22.7 Å². The highest BCUT2D eigenvalue weighted by Crippen LogP contribution is 2.20. The predicted octanol–water partition coefficient (Wildman–Crippen LogP) is 2.43. The maximum absolute atomic E-state index is 7.59. The monoisotopic (exact) mass is 248 g/mol. The zero-order valence-electron chi connectivity index (χ0n) is 9.66. The van der Waals surface area contributed by atoms with E-state index in [1.807, 2.05) is 32.0 Å². The minimum absolute atomic E-state index is 0.0213. The molecule has 0 spiro atoms. The second kappa shape index (κ2) is 4.22. The van der Waals surface area contributed by atoms with Gasteiger partial charge in [-0.05, 0) is 26.0 Å². The first-order valence-electron chi connectivity index (χ1n) is 5.16. The van der Waals surface area contributed by atoms with E-state index < -0.39 is 0 Å². The van der Waals surface area contributed by atoms with Gasteiger partial charge in [-0.3, -0.25) is 5.41 Å². The summed E-state index contributed by atoms with van der Waals surface area (Å²) in [6.45, 7) is 3.79. The molecule has 1 aromatic heterocycles. The summed E-state index contributed by atoms with van der Waals surface area (Å²) >= 11 is 5.97. The molecule has 3 N–H and O–H groups in total. The minimum atomic E-state index is 0.0213. The number of hydrogen-bond donors (Lipinski definition) is 2. The minimum Gasteiger partial charge on any atom is -0.384 e. The van der Waals surface area contributed by atoms with Gasteiger partial charge in [0.2, 0.25) is 0 Å². The van der Waals surface area contributed by atoms with E-state index in [-0.39, 0.29) is 5.84 Å². The van der Waals surface area contributed by atoms with Crippen molar-refractivity contribution in [3.63, 3.8) is 0 Å². The van der Waals surface area contributed by atoms with Gasteiger partial charge in [0.15, 0.2) is 0 Å². The van der Waals surface area contributed by atoms with Crippen LogP contribution in [0.1, 0.15) is 16.8 Å². The number of aryl methyl sites for hydroxylation is 2. The SMILES string of the molecule is Cc1ccc(-n2cc(Cl)c(C)n2)c(C(=N)N)c1. The molecule has 0 saturated carbocycles. The van der Waals surface area contributed by atoms with Crippen LogP contribution in [0.25, 0.3) is 5.69 Å². The summed E-state index contributed by atoms with van der Waals surface area (Å²) in [4.78, 5) is 0. The van der Waals surface area contributed by atoms with Crippen molar-refractivity contribution in [1.82, 2.24) is 9.78 Å². The Bertz CT molecular complexity index is 567. The zero-order valence-corrected chi connectivity index (χ0v) is 10.4. The van der Waals surface area contributed by atoms with Crippen LogP contribution in [-0.4, -0.2) is 15.6 Å². The summed E-state index contributed by atoms with van der Waals surface area (Å²) in [6, 6.07) is 5.70. The first-order valence-corrected chi connectivity index (χ1v) is 5.54. The second-order valence-electron chi connectivity index (χ2n) is 3.94. The summed E-state index contributed by atoms with van der Waals surface area (Å²) in [5, 5.41) is 12.5. The Hall–Kier alpha value is -1.81. The van der Waals surface area contributed by atoms with Gasteiger partial charge in [-0.15, -0.1) is 0 Å². The van der Waals surface area contributed by atoms with Gasteiger partial charge >= 0.3 is 0 Å². The third kappa shape index (κ3) is 2.17. The predicted molar refractivity (Wildman–Crippen MR) is 69.1 cm³/mol. The summed E-state index contributed by atoms with van der Waals surface area (Å²) < 4.78 is 1.65. The van der Waals surface area contributed by atoms with Gasteiger partial charge < -0.3 is 5.73 Å². The molecule has 0 unspecified atom stereocenters. The van der Waals surface area contributed by atoms with Crippen molar-refractivity contribution in [2.75, 3.05) is 0 Å². The Labute approximate surface area is 105 Å². The van der Waals surface area contributed by atoms with Gasteiger partial charge in [0.25, 0.3) is 0 Å². The molecule has 0 saturated heterocycles. The summed E-state index contributed by atoms with van der Waals surface area (Å²) in [7, 11) is 0. The molecule has 5 heteroatoms. The highest BCUT2D eigenvalue weighted by Gasteiger charge is 2.10. The summed E-state index contributed by atoms with van der Waals surface area (Å²) in [5.74, 6) is 0.0213. The lowest BCUT2D eigenvalue weighted by Gasteiger charge is -2.09. The van der Waals surface area contributed by atoms with Crippen molar-refractivity contribution in [2.45, 2.75) is 13.8 Å². The van der Waals surface area contributed by atoms with Crippen LogP contribution in [-0.2, 0) is 0 Å². The second-order valence-corrected chi connectivity index (χ2v) is 4.35. The Morgan fingerprint density at radius 2 is 2.12 bits per heavy atom. The molecule has 4 nitrogen and oxygen atoms in total. The Balaban J connectivity index is 2.62. The van der Waals surface area contributed by atoms with E-state index in [9.17, 15) is 0 Å². The first-order chi connectivity index (χ1) is 7.99. The molecule has 0 atom stereocenters. The maximum Gasteiger partial charge on any atom is 0.124 e. The van der Waals surface area contributed by atoms with Crippen LogP contribution < -0.4 is 5.73 Å². The van der Waals surface area contributed by atoms with Crippen molar-refractivity contribution in [2.24, 2.45) is 5.73 Å². The van der Waals surface area contributed by atoms with Crippen molar-refractivity contribution >= 4 is 17.4 Å². The number of benzene rings is 1. The smallest absolute Gasteiger partial charge is 0.124 e. The Morgan fingerprint density at radius 1 is 1.41 bits per heavy atom. The van der Waals surface area contributed by atoms with E-state index in [1.54, 1.807) is 10.9 Å². The third-order valence-corrected chi connectivity index (χ3v) is 2.90. The average Bonchev–Trinajstić information content (AvgIpc) is 2.59. The fourth-order valence-electron chi connectivity index (χ4n) is 1.63. The molecular weight excluding hydrogens is 236 g/mol. The summed E-state index contributed by atoms with van der Waals surface area (Å²) in [5.41, 5.74) is 8.80. The van der Waals surface area contributed by atoms with Crippen molar-refractivity contribution in [3.8, 4) is 5.69 Å². The largest absolute Gasteiger partial charge is 0.384 e. The fourth-order valence-corrected chi connectivity index (χ4v) is 1.76. The molecule has 17 heavy (non-hydrogen) atoms. The normalized spacial score (nSPS) is 10.5. The number of amidine groups is 1. The number of rotatable bonds is 2. The van der Waals surface area contributed by atoms with Crippen LogP contribution in [0.3, 0.4) is 0 Å².